The molecule has 0 unspecified atom stereocenters. The SMILES string of the molecule is CCCC[C@H]1CN(c2ccccc2OC)C(=O)CN1C(=O)c1cc(C)no1. The third-order valence-corrected chi connectivity index (χ3v) is 4.81. The number of ether oxygens (including phenoxy) is 1. The van der Waals surface area contributed by atoms with E-state index in [1.165, 1.54) is 0 Å². The molecule has 144 valence electrons. The predicted octanol–water partition coefficient (Wildman–Crippen LogP) is 3.04. The Morgan fingerprint density at radius 3 is 2.81 bits per heavy atom. The molecule has 7 nitrogen and oxygen atoms in total. The van der Waals surface area contributed by atoms with Gasteiger partial charge in [-0.25, -0.2) is 0 Å². The maximum atomic E-state index is 12.9. The smallest absolute Gasteiger partial charge is 0.293 e. The van der Waals surface area contributed by atoms with Crippen LogP contribution in [0.4, 0.5) is 5.69 Å². The van der Waals surface area contributed by atoms with Crippen molar-refractivity contribution in [3.63, 3.8) is 0 Å². The van der Waals surface area contributed by atoms with Crippen LogP contribution in [-0.4, -0.2) is 48.1 Å². The third-order valence-electron chi connectivity index (χ3n) is 4.81. The number of aromatic nitrogens is 1. The van der Waals surface area contributed by atoms with Gasteiger partial charge in [-0.3, -0.25) is 9.59 Å². The fourth-order valence-corrected chi connectivity index (χ4v) is 3.39. The first-order valence-electron chi connectivity index (χ1n) is 9.22. The predicted molar refractivity (Wildman–Crippen MR) is 101 cm³/mol. The van der Waals surface area contributed by atoms with E-state index in [-0.39, 0.29) is 30.2 Å². The average Bonchev–Trinajstić information content (AvgIpc) is 3.12. The second-order valence-electron chi connectivity index (χ2n) is 6.74. The highest BCUT2D eigenvalue weighted by Gasteiger charge is 2.37. The normalized spacial score (nSPS) is 17.3. The van der Waals surface area contributed by atoms with Crippen molar-refractivity contribution in [2.75, 3.05) is 25.1 Å². The van der Waals surface area contributed by atoms with E-state index in [4.69, 9.17) is 9.26 Å². The number of carbonyl (C=O) groups is 2. The molecule has 1 fully saturated rings. The molecule has 1 atom stereocenters. The Kier molecular flexibility index (Phi) is 5.78. The molecule has 0 radical (unpaired) electrons. The largest absolute Gasteiger partial charge is 0.495 e. The molecule has 1 aromatic carbocycles. The van der Waals surface area contributed by atoms with E-state index in [0.717, 1.165) is 24.9 Å². The van der Waals surface area contributed by atoms with Crippen LogP contribution in [0.15, 0.2) is 34.9 Å². The summed E-state index contributed by atoms with van der Waals surface area (Å²) >= 11 is 0. The first kappa shape index (κ1) is 18.9. The molecule has 27 heavy (non-hydrogen) atoms. The summed E-state index contributed by atoms with van der Waals surface area (Å²) in [6.45, 7) is 4.31. The summed E-state index contributed by atoms with van der Waals surface area (Å²) in [4.78, 5) is 29.1. The highest BCUT2D eigenvalue weighted by atomic mass is 16.5. The highest BCUT2D eigenvalue weighted by molar-refractivity contribution is 6.01. The van der Waals surface area contributed by atoms with E-state index in [0.29, 0.717) is 18.0 Å². The first-order chi connectivity index (χ1) is 13.0. The maximum Gasteiger partial charge on any atom is 0.293 e. The third kappa shape index (κ3) is 3.97. The van der Waals surface area contributed by atoms with Gasteiger partial charge in [0.1, 0.15) is 12.3 Å². The summed E-state index contributed by atoms with van der Waals surface area (Å²) in [5, 5.41) is 3.79. The zero-order valence-corrected chi connectivity index (χ0v) is 16.0. The van der Waals surface area contributed by atoms with Gasteiger partial charge in [0.2, 0.25) is 11.7 Å². The van der Waals surface area contributed by atoms with Gasteiger partial charge in [-0.15, -0.1) is 0 Å². The van der Waals surface area contributed by atoms with Crippen LogP contribution < -0.4 is 9.64 Å². The van der Waals surface area contributed by atoms with Crippen LogP contribution in [0.5, 0.6) is 5.75 Å². The van der Waals surface area contributed by atoms with Crippen LogP contribution in [-0.2, 0) is 4.79 Å². The maximum absolute atomic E-state index is 12.9. The van der Waals surface area contributed by atoms with Crippen molar-refractivity contribution in [1.29, 1.82) is 0 Å². The number of piperazine rings is 1. The van der Waals surface area contributed by atoms with E-state index in [2.05, 4.69) is 12.1 Å². The Bertz CT molecular complexity index is 817. The zero-order valence-electron chi connectivity index (χ0n) is 16.0. The van der Waals surface area contributed by atoms with Gasteiger partial charge in [-0.1, -0.05) is 37.1 Å². The number of nitrogens with zero attached hydrogens (tertiary/aromatic N) is 3. The molecule has 7 heteroatoms. The van der Waals surface area contributed by atoms with Crippen LogP contribution in [0, 0.1) is 6.92 Å². The summed E-state index contributed by atoms with van der Waals surface area (Å²) in [5.74, 6) is 0.389. The quantitative estimate of drug-likeness (QED) is 0.780. The van der Waals surface area contributed by atoms with Crippen molar-refractivity contribution in [1.82, 2.24) is 10.1 Å². The minimum absolute atomic E-state index is 0.00497. The number of methoxy groups -OCH3 is 1. The van der Waals surface area contributed by atoms with E-state index in [1.54, 1.807) is 29.9 Å². The van der Waals surface area contributed by atoms with Gasteiger partial charge in [-0.2, -0.15) is 0 Å². The van der Waals surface area contributed by atoms with E-state index >= 15 is 0 Å². The lowest BCUT2D eigenvalue weighted by Gasteiger charge is -2.41. The molecule has 0 aliphatic carbocycles. The topological polar surface area (TPSA) is 75.9 Å². The second-order valence-corrected chi connectivity index (χ2v) is 6.74. The molecule has 3 rings (SSSR count). The number of carbonyl (C=O) groups excluding carboxylic acids is 2. The minimum atomic E-state index is -0.287. The Labute approximate surface area is 158 Å². The van der Waals surface area contributed by atoms with Crippen molar-refractivity contribution >= 4 is 17.5 Å². The number of para-hydroxylation sites is 2. The van der Waals surface area contributed by atoms with Gasteiger partial charge in [-0.05, 0) is 25.5 Å². The lowest BCUT2D eigenvalue weighted by Crippen LogP contribution is -2.58. The van der Waals surface area contributed by atoms with Crippen LogP contribution in [0.2, 0.25) is 0 Å². The Morgan fingerprint density at radius 2 is 2.15 bits per heavy atom. The standard InChI is InChI=1S/C20H25N3O4/c1-4-5-8-15-12-23(16-9-6-7-10-17(16)26-3)19(24)13-22(15)20(25)18-11-14(2)21-27-18/h6-7,9-11,15H,4-5,8,12-13H2,1-3H3/t15-/m0/s1. The molecule has 1 aromatic heterocycles. The number of anilines is 1. The van der Waals surface area contributed by atoms with Gasteiger partial charge in [0.05, 0.1) is 24.5 Å². The van der Waals surface area contributed by atoms with Gasteiger partial charge >= 0.3 is 0 Å². The van der Waals surface area contributed by atoms with Crippen LogP contribution in [0.25, 0.3) is 0 Å². The number of aryl methyl sites for hydroxylation is 1. The molecule has 1 aliphatic heterocycles. The molecule has 2 aromatic rings. The monoisotopic (exact) mass is 371 g/mol. The summed E-state index contributed by atoms with van der Waals surface area (Å²) in [6.07, 6.45) is 2.80. The van der Waals surface area contributed by atoms with E-state index < -0.39 is 0 Å². The number of benzene rings is 1. The lowest BCUT2D eigenvalue weighted by atomic mass is 10.0. The summed E-state index contributed by atoms with van der Waals surface area (Å²) in [7, 11) is 1.59. The number of hydrogen-bond donors (Lipinski definition) is 0. The molecule has 2 heterocycles. The number of amides is 2. The van der Waals surface area contributed by atoms with Gasteiger partial charge in [0.25, 0.3) is 5.91 Å². The van der Waals surface area contributed by atoms with Gasteiger partial charge in [0, 0.05) is 12.6 Å². The zero-order chi connectivity index (χ0) is 19.4. The fourth-order valence-electron chi connectivity index (χ4n) is 3.39. The van der Waals surface area contributed by atoms with Crippen molar-refractivity contribution in [3.8, 4) is 5.75 Å². The van der Waals surface area contributed by atoms with Crippen molar-refractivity contribution in [2.24, 2.45) is 0 Å². The van der Waals surface area contributed by atoms with Crippen molar-refractivity contribution < 1.29 is 18.8 Å². The summed E-state index contributed by atoms with van der Waals surface area (Å²) in [6, 6.07) is 8.96. The Morgan fingerprint density at radius 1 is 1.37 bits per heavy atom. The summed E-state index contributed by atoms with van der Waals surface area (Å²) in [5.41, 5.74) is 1.37. The van der Waals surface area contributed by atoms with Gasteiger partial charge in [0.15, 0.2) is 0 Å². The molecule has 0 N–H and O–H groups in total. The average molecular weight is 371 g/mol. The van der Waals surface area contributed by atoms with Crippen LogP contribution in [0.3, 0.4) is 0 Å². The van der Waals surface area contributed by atoms with Gasteiger partial charge < -0.3 is 19.1 Å². The number of hydrogen-bond acceptors (Lipinski definition) is 5. The molecular weight excluding hydrogens is 346 g/mol. The second kappa shape index (κ2) is 8.24. The molecular formula is C20H25N3O4. The molecule has 1 aliphatic rings. The van der Waals surface area contributed by atoms with Crippen molar-refractivity contribution in [3.05, 3.63) is 41.8 Å². The minimum Gasteiger partial charge on any atom is -0.495 e. The van der Waals surface area contributed by atoms with Crippen LogP contribution in [0.1, 0.15) is 42.4 Å². The summed E-state index contributed by atoms with van der Waals surface area (Å²) < 4.78 is 10.5. The van der Waals surface area contributed by atoms with Crippen LogP contribution >= 0.6 is 0 Å². The molecule has 1 saturated heterocycles. The fraction of sp³-hybridized carbons (Fsp3) is 0.450. The highest BCUT2D eigenvalue weighted by Crippen LogP contribution is 2.31. The molecule has 0 spiro atoms. The van der Waals surface area contributed by atoms with E-state index in [1.807, 2.05) is 24.3 Å². The molecule has 2 amide bonds. The number of unbranched alkanes of at least 4 members (excludes halogenated alkanes) is 1. The first-order valence-corrected chi connectivity index (χ1v) is 9.22. The van der Waals surface area contributed by atoms with Crippen molar-refractivity contribution in [2.45, 2.75) is 39.2 Å². The molecule has 0 saturated carbocycles. The Hall–Kier alpha value is -2.83. The lowest BCUT2D eigenvalue weighted by molar-refractivity contribution is -0.121. The number of rotatable bonds is 6. The Balaban J connectivity index is 1.87. The van der Waals surface area contributed by atoms with E-state index in [9.17, 15) is 9.59 Å². The molecule has 0 bridgehead atoms.